The van der Waals surface area contributed by atoms with Gasteiger partial charge in [0.2, 0.25) is 5.79 Å². The van der Waals surface area contributed by atoms with E-state index in [1.54, 1.807) is 29.2 Å². The molecule has 0 saturated carbocycles. The number of benzene rings is 3. The summed E-state index contributed by atoms with van der Waals surface area (Å²) < 4.78 is 35.5. The summed E-state index contributed by atoms with van der Waals surface area (Å²) in [5.41, 5.74) is 3.59. The van der Waals surface area contributed by atoms with Gasteiger partial charge in [0.15, 0.2) is 6.29 Å². The second-order valence-corrected chi connectivity index (χ2v) is 14.9. The molecule has 0 amide bonds. The minimum atomic E-state index is -1.10. The summed E-state index contributed by atoms with van der Waals surface area (Å²) in [6.45, 7) is 7.86. The van der Waals surface area contributed by atoms with Gasteiger partial charge in [0.1, 0.15) is 24.3 Å². The van der Waals surface area contributed by atoms with Crippen LogP contribution in [-0.2, 0) is 37.8 Å². The molecule has 8 rings (SSSR count). The number of aromatic nitrogens is 5. The van der Waals surface area contributed by atoms with E-state index in [9.17, 15) is 4.79 Å². The molecule has 5 aromatic rings. The lowest BCUT2D eigenvalue weighted by Gasteiger charge is -2.37. The van der Waals surface area contributed by atoms with Crippen molar-refractivity contribution in [3.63, 3.8) is 0 Å². The number of hydrogen-bond acceptors (Lipinski definition) is 10. The van der Waals surface area contributed by atoms with Crippen LogP contribution in [0.15, 0.2) is 90.2 Å². The van der Waals surface area contributed by atoms with Gasteiger partial charge in [0.25, 0.3) is 0 Å². The van der Waals surface area contributed by atoms with E-state index in [0.29, 0.717) is 54.3 Å². The van der Waals surface area contributed by atoms with Crippen molar-refractivity contribution in [2.75, 3.05) is 62.4 Å². The number of imidazole rings is 1. The first-order chi connectivity index (χ1) is 26.8. The molecule has 1 unspecified atom stereocenters. The molecule has 3 aliphatic rings. The lowest BCUT2D eigenvalue weighted by Crippen LogP contribution is -2.46. The summed E-state index contributed by atoms with van der Waals surface area (Å²) >= 11 is 12.8. The summed E-state index contributed by atoms with van der Waals surface area (Å²) in [5, 5.41) is 5.50. The summed E-state index contributed by atoms with van der Waals surface area (Å²) in [6.07, 6.45) is 7.85. The van der Waals surface area contributed by atoms with Gasteiger partial charge in [-0.2, -0.15) is 5.10 Å². The van der Waals surface area contributed by atoms with E-state index in [2.05, 4.69) is 44.1 Å². The molecule has 3 aromatic carbocycles. The molecule has 55 heavy (non-hydrogen) atoms. The average Bonchev–Trinajstić information content (AvgIpc) is 3.94. The monoisotopic (exact) mass is 789 g/mol. The van der Waals surface area contributed by atoms with Gasteiger partial charge in [-0.15, -0.1) is 0 Å². The number of anilines is 2. The SMILES string of the molecule is Cc1nn(CCOC2CCCCO2)c(=O)n1-c1ccc(N2CCN(c3ccc(OC[C@@H]4CO[C@@](Cn5ccnc5)(c5ccc(Cl)cc5Cl)O4)cc3)CC2)cc1. The fourth-order valence-corrected chi connectivity index (χ4v) is 7.98. The van der Waals surface area contributed by atoms with E-state index in [-0.39, 0.29) is 18.1 Å². The highest BCUT2D eigenvalue weighted by Gasteiger charge is 2.45. The first-order valence-electron chi connectivity index (χ1n) is 18.8. The molecule has 15 heteroatoms. The molecule has 3 fully saturated rings. The van der Waals surface area contributed by atoms with E-state index in [1.807, 2.05) is 48.0 Å². The first kappa shape index (κ1) is 37.5. The number of aryl methyl sites for hydroxylation is 1. The summed E-state index contributed by atoms with van der Waals surface area (Å²) in [5.74, 6) is 0.290. The molecule has 3 saturated heterocycles. The van der Waals surface area contributed by atoms with Crippen molar-refractivity contribution in [3.05, 3.63) is 117 Å². The summed E-state index contributed by atoms with van der Waals surface area (Å²) in [7, 11) is 0. The molecule has 2 aromatic heterocycles. The Kier molecular flexibility index (Phi) is 11.5. The number of hydrogen-bond donors (Lipinski definition) is 0. The quantitative estimate of drug-likeness (QED) is 0.140. The van der Waals surface area contributed by atoms with Crippen LogP contribution in [0.3, 0.4) is 0 Å². The Bertz CT molecular complexity index is 2080. The molecule has 5 heterocycles. The first-order valence-corrected chi connectivity index (χ1v) is 19.6. The van der Waals surface area contributed by atoms with Crippen LogP contribution < -0.4 is 20.2 Å². The Morgan fingerprint density at radius 1 is 0.927 bits per heavy atom. The lowest BCUT2D eigenvalue weighted by atomic mass is 10.1. The van der Waals surface area contributed by atoms with Crippen LogP contribution in [0.1, 0.15) is 30.7 Å². The van der Waals surface area contributed by atoms with E-state index in [1.165, 1.54) is 4.68 Å². The van der Waals surface area contributed by atoms with Gasteiger partial charge in [-0.25, -0.2) is 19.0 Å². The van der Waals surface area contributed by atoms with Crippen molar-refractivity contribution >= 4 is 34.6 Å². The predicted octanol–water partition coefficient (Wildman–Crippen LogP) is 6.06. The van der Waals surface area contributed by atoms with Gasteiger partial charge < -0.3 is 38.1 Å². The van der Waals surface area contributed by atoms with E-state index in [0.717, 1.165) is 74.9 Å². The van der Waals surface area contributed by atoms with Crippen LogP contribution in [0.25, 0.3) is 5.69 Å². The van der Waals surface area contributed by atoms with Crippen molar-refractivity contribution in [2.45, 2.75) is 57.5 Å². The molecule has 0 N–H and O–H groups in total. The number of rotatable bonds is 13. The van der Waals surface area contributed by atoms with Crippen molar-refractivity contribution in [1.29, 1.82) is 0 Å². The standard InChI is InChI=1S/C40H45Cl2N7O6/c1-29-44-48(21-23-52-38-4-2-3-22-51-38)39(50)49(29)33-8-6-31(7-9-33)46-17-19-47(20-18-46)32-10-12-34(13-11-32)53-25-35-26-54-40(55-35,27-45-16-15-43-28-45)36-14-5-30(41)24-37(36)42/h5-16,24,28,35,38H,2-4,17-23,25-27H2,1H3/t35-,38?,40-/m1/s1. The van der Waals surface area contributed by atoms with E-state index >= 15 is 0 Å². The molecule has 0 aliphatic carbocycles. The molecular formula is C40H45Cl2N7O6. The topological polar surface area (TPSA) is 110 Å². The highest BCUT2D eigenvalue weighted by Crippen LogP contribution is 2.40. The minimum Gasteiger partial charge on any atom is -0.491 e. The van der Waals surface area contributed by atoms with Crippen molar-refractivity contribution in [3.8, 4) is 11.4 Å². The third kappa shape index (κ3) is 8.57. The summed E-state index contributed by atoms with van der Waals surface area (Å²) in [4.78, 5) is 22.1. The molecule has 3 aliphatic heterocycles. The highest BCUT2D eigenvalue weighted by atomic mass is 35.5. The van der Waals surface area contributed by atoms with Gasteiger partial charge >= 0.3 is 5.69 Å². The molecule has 290 valence electrons. The number of halogens is 2. The lowest BCUT2D eigenvalue weighted by molar-refractivity contribution is -0.189. The molecule has 3 atom stereocenters. The zero-order valence-corrected chi connectivity index (χ0v) is 32.3. The van der Waals surface area contributed by atoms with Crippen molar-refractivity contribution < 1.29 is 23.7 Å². The fraction of sp³-hybridized carbons (Fsp3) is 0.425. The number of piperazine rings is 1. The zero-order valence-electron chi connectivity index (χ0n) is 30.8. The Labute approximate surface area is 329 Å². The Balaban J connectivity index is 0.822. The Morgan fingerprint density at radius 3 is 2.33 bits per heavy atom. The van der Waals surface area contributed by atoms with E-state index in [4.69, 9.17) is 46.9 Å². The van der Waals surface area contributed by atoms with E-state index < -0.39 is 5.79 Å². The van der Waals surface area contributed by atoms with Crippen LogP contribution in [0.2, 0.25) is 10.0 Å². The van der Waals surface area contributed by atoms with Gasteiger partial charge in [-0.05, 0) is 86.8 Å². The molecule has 0 spiro atoms. The molecular weight excluding hydrogens is 745 g/mol. The van der Waals surface area contributed by atoms with Crippen LogP contribution in [-0.4, -0.2) is 88.9 Å². The van der Waals surface area contributed by atoms with Crippen molar-refractivity contribution in [1.82, 2.24) is 23.9 Å². The number of nitrogens with zero attached hydrogens (tertiary/aromatic N) is 7. The maximum Gasteiger partial charge on any atom is 0.350 e. The largest absolute Gasteiger partial charge is 0.491 e. The molecule has 0 radical (unpaired) electrons. The van der Waals surface area contributed by atoms with Gasteiger partial charge in [0.05, 0.1) is 43.3 Å². The second kappa shape index (κ2) is 16.8. The van der Waals surface area contributed by atoms with Crippen LogP contribution in [0, 0.1) is 6.92 Å². The zero-order chi connectivity index (χ0) is 37.8. The van der Waals surface area contributed by atoms with Crippen LogP contribution in [0.4, 0.5) is 11.4 Å². The van der Waals surface area contributed by atoms with Gasteiger partial charge in [-0.1, -0.05) is 29.3 Å². The van der Waals surface area contributed by atoms with Crippen molar-refractivity contribution in [2.24, 2.45) is 0 Å². The van der Waals surface area contributed by atoms with Gasteiger partial charge in [-0.3, -0.25) is 0 Å². The Hall–Kier alpha value is -4.37. The normalized spacial score (nSPS) is 21.7. The molecule has 0 bridgehead atoms. The maximum atomic E-state index is 13.2. The number of ether oxygens (including phenoxy) is 5. The third-order valence-corrected chi connectivity index (χ3v) is 10.8. The van der Waals surface area contributed by atoms with Crippen LogP contribution >= 0.6 is 23.2 Å². The van der Waals surface area contributed by atoms with Gasteiger partial charge in [0, 0.05) is 67.1 Å². The summed E-state index contributed by atoms with van der Waals surface area (Å²) in [6, 6.07) is 21.6. The average molecular weight is 791 g/mol. The second-order valence-electron chi connectivity index (χ2n) is 14.0. The van der Waals surface area contributed by atoms with Crippen LogP contribution in [0.5, 0.6) is 5.75 Å². The third-order valence-electron chi connectivity index (χ3n) is 10.3. The smallest absolute Gasteiger partial charge is 0.350 e. The highest BCUT2D eigenvalue weighted by molar-refractivity contribution is 6.35. The minimum absolute atomic E-state index is 0.174. The fourth-order valence-electron chi connectivity index (χ4n) is 7.43. The predicted molar refractivity (Wildman–Crippen MR) is 210 cm³/mol. The maximum absolute atomic E-state index is 13.2. The Morgan fingerprint density at radius 2 is 1.65 bits per heavy atom. The molecule has 13 nitrogen and oxygen atoms in total.